The summed E-state index contributed by atoms with van der Waals surface area (Å²) in [5, 5.41) is 2.82. The van der Waals surface area contributed by atoms with Gasteiger partial charge in [-0.05, 0) is 32.6 Å². The fourth-order valence-electron chi connectivity index (χ4n) is 0.787. The highest BCUT2D eigenvalue weighted by atomic mass is 16.2. The van der Waals surface area contributed by atoms with E-state index in [1.807, 2.05) is 0 Å². The highest BCUT2D eigenvalue weighted by Crippen LogP contribution is 2.27. The summed E-state index contributed by atoms with van der Waals surface area (Å²) in [5.41, 5.74) is 4.85. The Hall–Kier alpha value is -0.570. The van der Waals surface area contributed by atoms with Crippen molar-refractivity contribution in [3.8, 4) is 0 Å². The monoisotopic (exact) mass is 156 g/mol. The molecule has 0 radical (unpaired) electrons. The molecule has 0 unspecified atom stereocenters. The minimum Gasteiger partial charge on any atom is -0.354 e. The number of nitrogens with two attached hydrogens (primary N) is 1. The van der Waals surface area contributed by atoms with Gasteiger partial charge in [-0.15, -0.1) is 0 Å². The normalized spacial score (nSPS) is 18.1. The Morgan fingerprint density at radius 2 is 2.18 bits per heavy atom. The van der Waals surface area contributed by atoms with E-state index >= 15 is 0 Å². The van der Waals surface area contributed by atoms with Crippen LogP contribution in [0.3, 0.4) is 0 Å². The summed E-state index contributed by atoms with van der Waals surface area (Å²) in [7, 11) is 0. The van der Waals surface area contributed by atoms with Crippen LogP contribution in [0.1, 0.15) is 26.7 Å². The zero-order valence-corrected chi connectivity index (χ0v) is 7.18. The molecule has 0 bridgehead atoms. The van der Waals surface area contributed by atoms with Crippen molar-refractivity contribution in [2.24, 2.45) is 11.7 Å². The van der Waals surface area contributed by atoms with Crippen molar-refractivity contribution in [2.45, 2.75) is 32.2 Å². The molecule has 0 aliphatic heterocycles. The van der Waals surface area contributed by atoms with Crippen molar-refractivity contribution in [3.63, 3.8) is 0 Å². The fraction of sp³-hybridized carbons (Fsp3) is 0.875. The first-order valence-corrected chi connectivity index (χ1v) is 4.07. The van der Waals surface area contributed by atoms with Gasteiger partial charge in [0.05, 0.1) is 5.54 Å². The zero-order valence-electron chi connectivity index (χ0n) is 7.18. The largest absolute Gasteiger partial charge is 0.354 e. The van der Waals surface area contributed by atoms with Crippen LogP contribution in [0.5, 0.6) is 0 Å². The lowest BCUT2D eigenvalue weighted by molar-refractivity contribution is -0.125. The van der Waals surface area contributed by atoms with E-state index < -0.39 is 5.54 Å². The molecule has 0 atom stereocenters. The van der Waals surface area contributed by atoms with Gasteiger partial charge in [0.1, 0.15) is 0 Å². The second-order valence-corrected chi connectivity index (χ2v) is 3.88. The molecule has 0 heterocycles. The summed E-state index contributed by atoms with van der Waals surface area (Å²) in [6, 6.07) is 0. The van der Waals surface area contributed by atoms with Crippen LogP contribution in [-0.4, -0.2) is 18.0 Å². The summed E-state index contributed by atoms with van der Waals surface area (Å²) in [5.74, 6) is 0.672. The van der Waals surface area contributed by atoms with Gasteiger partial charge < -0.3 is 11.1 Å². The zero-order chi connectivity index (χ0) is 8.48. The third kappa shape index (κ3) is 2.89. The van der Waals surface area contributed by atoms with E-state index in [9.17, 15) is 4.79 Å². The molecule has 1 fully saturated rings. The maximum absolute atomic E-state index is 11.2. The molecule has 3 heteroatoms. The average Bonchev–Trinajstić information content (AvgIpc) is 2.62. The number of amides is 1. The number of rotatable bonds is 3. The molecule has 1 amide bonds. The van der Waals surface area contributed by atoms with Gasteiger partial charge in [0, 0.05) is 6.54 Å². The topological polar surface area (TPSA) is 55.1 Å². The molecular formula is C8H16N2O. The van der Waals surface area contributed by atoms with Gasteiger partial charge in [0.15, 0.2) is 0 Å². The number of hydrogen-bond donors (Lipinski definition) is 2. The number of carbonyl (C=O) groups excluding carboxylic acids is 1. The van der Waals surface area contributed by atoms with Crippen molar-refractivity contribution in [3.05, 3.63) is 0 Å². The molecule has 1 rings (SSSR count). The van der Waals surface area contributed by atoms with E-state index in [-0.39, 0.29) is 5.91 Å². The van der Waals surface area contributed by atoms with E-state index in [1.165, 1.54) is 12.8 Å². The third-order valence-electron chi connectivity index (χ3n) is 1.83. The molecule has 0 saturated heterocycles. The smallest absolute Gasteiger partial charge is 0.239 e. The van der Waals surface area contributed by atoms with Gasteiger partial charge in [0.25, 0.3) is 0 Å². The standard InChI is InChI=1S/C8H16N2O/c1-8(2,9)7(11)10-5-6-3-4-6/h6H,3-5,9H2,1-2H3,(H,10,11). The molecule has 0 aromatic heterocycles. The summed E-state index contributed by atoms with van der Waals surface area (Å²) in [4.78, 5) is 11.2. The molecule has 0 spiro atoms. The Morgan fingerprint density at radius 1 is 1.64 bits per heavy atom. The average molecular weight is 156 g/mol. The van der Waals surface area contributed by atoms with Gasteiger partial charge in [-0.3, -0.25) is 4.79 Å². The van der Waals surface area contributed by atoms with E-state index in [0.717, 1.165) is 12.5 Å². The van der Waals surface area contributed by atoms with Crippen LogP contribution < -0.4 is 11.1 Å². The van der Waals surface area contributed by atoms with E-state index in [1.54, 1.807) is 13.8 Å². The summed E-state index contributed by atoms with van der Waals surface area (Å²) in [6.07, 6.45) is 2.51. The van der Waals surface area contributed by atoms with Gasteiger partial charge in [-0.1, -0.05) is 0 Å². The minimum atomic E-state index is -0.727. The quantitative estimate of drug-likeness (QED) is 0.615. The van der Waals surface area contributed by atoms with Crippen LogP contribution in [0, 0.1) is 5.92 Å². The third-order valence-corrected chi connectivity index (χ3v) is 1.83. The number of hydrogen-bond acceptors (Lipinski definition) is 2. The molecule has 1 saturated carbocycles. The minimum absolute atomic E-state index is 0.0515. The van der Waals surface area contributed by atoms with Crippen LogP contribution >= 0.6 is 0 Å². The lowest BCUT2D eigenvalue weighted by Gasteiger charge is -2.17. The second kappa shape index (κ2) is 2.81. The summed E-state index contributed by atoms with van der Waals surface area (Å²) < 4.78 is 0. The maximum atomic E-state index is 11.2. The van der Waals surface area contributed by atoms with E-state index in [4.69, 9.17) is 5.73 Å². The van der Waals surface area contributed by atoms with Gasteiger partial charge >= 0.3 is 0 Å². The van der Waals surface area contributed by atoms with Crippen LogP contribution in [0.4, 0.5) is 0 Å². The molecule has 1 aliphatic rings. The molecule has 11 heavy (non-hydrogen) atoms. The van der Waals surface area contributed by atoms with Crippen LogP contribution in [-0.2, 0) is 4.79 Å². The molecule has 3 N–H and O–H groups in total. The second-order valence-electron chi connectivity index (χ2n) is 3.88. The number of carbonyl (C=O) groups is 1. The first kappa shape index (κ1) is 8.53. The van der Waals surface area contributed by atoms with E-state index in [0.29, 0.717) is 0 Å². The molecule has 1 aliphatic carbocycles. The summed E-state index contributed by atoms with van der Waals surface area (Å²) >= 11 is 0. The maximum Gasteiger partial charge on any atom is 0.239 e. The van der Waals surface area contributed by atoms with Crippen molar-refractivity contribution >= 4 is 5.91 Å². The van der Waals surface area contributed by atoms with Gasteiger partial charge in [0.2, 0.25) is 5.91 Å². The molecule has 3 nitrogen and oxygen atoms in total. The molecular weight excluding hydrogens is 140 g/mol. The fourth-order valence-corrected chi connectivity index (χ4v) is 0.787. The molecule has 64 valence electrons. The molecule has 0 aromatic rings. The van der Waals surface area contributed by atoms with Crippen molar-refractivity contribution in [1.82, 2.24) is 5.32 Å². The number of nitrogens with one attached hydrogen (secondary N) is 1. The highest BCUT2D eigenvalue weighted by Gasteiger charge is 2.26. The highest BCUT2D eigenvalue weighted by molar-refractivity contribution is 5.85. The first-order chi connectivity index (χ1) is 5.00. The van der Waals surface area contributed by atoms with E-state index in [2.05, 4.69) is 5.32 Å². The Balaban J connectivity index is 2.19. The van der Waals surface area contributed by atoms with Crippen molar-refractivity contribution in [2.75, 3.05) is 6.54 Å². The van der Waals surface area contributed by atoms with Crippen LogP contribution in [0.25, 0.3) is 0 Å². The lowest BCUT2D eigenvalue weighted by Crippen LogP contribution is -2.49. The predicted molar refractivity (Wildman–Crippen MR) is 44.0 cm³/mol. The Bertz CT molecular complexity index is 156. The predicted octanol–water partition coefficient (Wildman–Crippen LogP) is 0.250. The van der Waals surface area contributed by atoms with Gasteiger partial charge in [-0.25, -0.2) is 0 Å². The van der Waals surface area contributed by atoms with Crippen molar-refractivity contribution < 1.29 is 4.79 Å². The Kier molecular flexibility index (Phi) is 2.18. The van der Waals surface area contributed by atoms with Gasteiger partial charge in [-0.2, -0.15) is 0 Å². The Labute approximate surface area is 67.3 Å². The summed E-state index contributed by atoms with van der Waals surface area (Å²) in [6.45, 7) is 4.24. The molecule has 0 aromatic carbocycles. The van der Waals surface area contributed by atoms with Crippen molar-refractivity contribution in [1.29, 1.82) is 0 Å². The SMILES string of the molecule is CC(C)(N)C(=O)NCC1CC1. The van der Waals surface area contributed by atoms with Crippen LogP contribution in [0.2, 0.25) is 0 Å². The first-order valence-electron chi connectivity index (χ1n) is 4.07. The Morgan fingerprint density at radius 3 is 2.55 bits per heavy atom. The lowest BCUT2D eigenvalue weighted by atomic mass is 10.1. The van der Waals surface area contributed by atoms with Crippen LogP contribution in [0.15, 0.2) is 0 Å².